The Labute approximate surface area is 197 Å². The van der Waals surface area contributed by atoms with E-state index in [1.54, 1.807) is 5.19 Å². The summed E-state index contributed by atoms with van der Waals surface area (Å²) in [4.78, 5) is 0. The van der Waals surface area contributed by atoms with E-state index in [-0.39, 0.29) is 23.1 Å². The van der Waals surface area contributed by atoms with Crippen molar-refractivity contribution < 1.29 is 14.2 Å². The summed E-state index contributed by atoms with van der Waals surface area (Å²) in [5.74, 6) is 0. The van der Waals surface area contributed by atoms with Crippen molar-refractivity contribution in [3.63, 3.8) is 0 Å². The number of ether oxygens (including phenoxy) is 3. The van der Waals surface area contributed by atoms with E-state index in [1.807, 2.05) is 0 Å². The van der Waals surface area contributed by atoms with Crippen molar-refractivity contribution in [2.75, 3.05) is 19.8 Å². The standard InChI is InChI=1S/C24H42O3Si3.CH4/c1-29(2)23(15-7-10-18-26-23)24(16-8-11-19-27-24)30(21-12-4-3-5-13-21)20-22(28)14-6-9-17-25-22;/h3-5,12-13,29-30H,6-11,14-20H2,1-2,28H3;1H4. The van der Waals surface area contributed by atoms with Crippen molar-refractivity contribution in [1.29, 1.82) is 0 Å². The van der Waals surface area contributed by atoms with Crippen LogP contribution in [-0.4, -0.2) is 63.3 Å². The van der Waals surface area contributed by atoms with Crippen molar-refractivity contribution in [1.82, 2.24) is 0 Å². The Balaban J connectivity index is 0.00000272. The van der Waals surface area contributed by atoms with Crippen molar-refractivity contribution >= 4 is 33.0 Å². The van der Waals surface area contributed by atoms with Crippen LogP contribution in [0.1, 0.15) is 65.2 Å². The minimum absolute atomic E-state index is 0. The second-order valence-electron chi connectivity index (χ2n) is 10.5. The SMILES string of the molecule is C.C[SiH](C)C1(C2([SiH](CC3([SiH3])CCCCO3)c3ccccc3)CCCCO2)CCCCO1. The molecule has 1 aromatic carbocycles. The van der Waals surface area contributed by atoms with E-state index in [0.717, 1.165) is 30.1 Å². The van der Waals surface area contributed by atoms with Gasteiger partial charge < -0.3 is 14.2 Å². The first-order chi connectivity index (χ1) is 14.5. The summed E-state index contributed by atoms with van der Waals surface area (Å²) in [6.07, 6.45) is 11.2. The highest BCUT2D eigenvalue weighted by atomic mass is 28.3. The molecule has 0 aromatic heterocycles. The van der Waals surface area contributed by atoms with Crippen LogP contribution < -0.4 is 5.19 Å². The molecule has 0 saturated carbocycles. The molecule has 3 aliphatic heterocycles. The lowest BCUT2D eigenvalue weighted by molar-refractivity contribution is -0.164. The van der Waals surface area contributed by atoms with Gasteiger partial charge in [0.1, 0.15) is 8.80 Å². The highest BCUT2D eigenvalue weighted by Crippen LogP contribution is 2.48. The van der Waals surface area contributed by atoms with Gasteiger partial charge in [-0.05, 0) is 63.8 Å². The number of hydrogen-bond donors (Lipinski definition) is 0. The molecule has 1 aromatic rings. The Morgan fingerprint density at radius 2 is 1.32 bits per heavy atom. The molecule has 3 heterocycles. The molecule has 4 atom stereocenters. The number of benzene rings is 1. The van der Waals surface area contributed by atoms with Crippen molar-refractivity contribution in [3.05, 3.63) is 30.3 Å². The van der Waals surface area contributed by atoms with Crippen LogP contribution in [0.3, 0.4) is 0 Å². The topological polar surface area (TPSA) is 27.7 Å². The van der Waals surface area contributed by atoms with E-state index in [0.29, 0.717) is 0 Å². The Morgan fingerprint density at radius 3 is 1.81 bits per heavy atom. The molecular formula is C25H46O3Si3. The van der Waals surface area contributed by atoms with Crippen LogP contribution in [0, 0.1) is 0 Å². The summed E-state index contributed by atoms with van der Waals surface area (Å²) in [6, 6.07) is 12.7. The molecule has 3 aliphatic rings. The van der Waals surface area contributed by atoms with E-state index in [1.165, 1.54) is 63.8 Å². The molecule has 176 valence electrons. The molecule has 4 rings (SSSR count). The zero-order valence-corrected chi connectivity index (χ0v) is 23.8. The fourth-order valence-electron chi connectivity index (χ4n) is 6.64. The van der Waals surface area contributed by atoms with Crippen molar-refractivity contribution in [2.45, 2.75) is 100 Å². The largest absolute Gasteiger partial charge is 0.380 e. The second kappa shape index (κ2) is 10.8. The van der Waals surface area contributed by atoms with E-state index in [4.69, 9.17) is 14.2 Å². The average molecular weight is 479 g/mol. The minimum atomic E-state index is -1.55. The lowest BCUT2D eigenvalue weighted by Crippen LogP contribution is -2.75. The van der Waals surface area contributed by atoms with Crippen LogP contribution >= 0.6 is 0 Å². The maximum Gasteiger partial charge on any atom is 0.114 e. The van der Waals surface area contributed by atoms with Gasteiger partial charge in [0.15, 0.2) is 0 Å². The third-order valence-electron chi connectivity index (χ3n) is 8.20. The molecule has 3 saturated heterocycles. The van der Waals surface area contributed by atoms with Gasteiger partial charge in [-0.15, -0.1) is 0 Å². The van der Waals surface area contributed by atoms with Crippen LogP contribution in [0.4, 0.5) is 0 Å². The third kappa shape index (κ3) is 4.99. The second-order valence-corrected chi connectivity index (χ2v) is 18.6. The van der Waals surface area contributed by atoms with Gasteiger partial charge in [-0.3, -0.25) is 0 Å². The number of rotatable bonds is 6. The summed E-state index contributed by atoms with van der Waals surface area (Å²) in [5, 5.41) is 1.64. The van der Waals surface area contributed by atoms with E-state index in [9.17, 15) is 0 Å². The molecule has 3 nitrogen and oxygen atoms in total. The third-order valence-corrected chi connectivity index (χ3v) is 17.9. The van der Waals surface area contributed by atoms with Crippen LogP contribution in [-0.2, 0) is 14.2 Å². The lowest BCUT2D eigenvalue weighted by atomic mass is 9.96. The first-order valence-electron chi connectivity index (χ1n) is 12.5. The smallest absolute Gasteiger partial charge is 0.114 e. The van der Waals surface area contributed by atoms with Crippen LogP contribution in [0.2, 0.25) is 19.1 Å². The zero-order valence-electron chi connectivity index (χ0n) is 19.5. The zero-order chi connectivity index (χ0) is 21.1. The van der Waals surface area contributed by atoms with Crippen LogP contribution in [0.15, 0.2) is 30.3 Å². The predicted octanol–water partition coefficient (Wildman–Crippen LogP) is 3.46. The molecule has 3 fully saturated rings. The molecule has 0 spiro atoms. The summed E-state index contributed by atoms with van der Waals surface area (Å²) >= 11 is 0. The monoisotopic (exact) mass is 478 g/mol. The van der Waals surface area contributed by atoms with Gasteiger partial charge in [0, 0.05) is 35.3 Å². The summed E-state index contributed by atoms with van der Waals surface area (Å²) < 4.78 is 20.6. The summed E-state index contributed by atoms with van der Waals surface area (Å²) in [6.45, 7) is 7.84. The summed E-state index contributed by atoms with van der Waals surface area (Å²) in [5.41, 5.74) is 0. The molecule has 0 N–H and O–H groups in total. The first-order valence-corrected chi connectivity index (χ1v) is 18.3. The van der Waals surface area contributed by atoms with Gasteiger partial charge in [0.25, 0.3) is 0 Å². The maximum atomic E-state index is 7.10. The lowest BCUT2D eigenvalue weighted by Gasteiger charge is -2.59. The molecule has 0 radical (unpaired) electrons. The molecule has 31 heavy (non-hydrogen) atoms. The Bertz CT molecular complexity index is 664. The minimum Gasteiger partial charge on any atom is -0.380 e. The molecule has 0 amide bonds. The highest BCUT2D eigenvalue weighted by Gasteiger charge is 2.61. The maximum absolute atomic E-state index is 7.10. The van der Waals surface area contributed by atoms with E-state index < -0.39 is 17.6 Å². The number of hydrogen-bond acceptors (Lipinski definition) is 3. The van der Waals surface area contributed by atoms with Gasteiger partial charge in [0.05, 0.1) is 19.2 Å². The summed E-state index contributed by atoms with van der Waals surface area (Å²) in [7, 11) is -1.56. The fraction of sp³-hybridized carbons (Fsp3) is 0.760. The highest BCUT2D eigenvalue weighted by molar-refractivity contribution is 6.79. The van der Waals surface area contributed by atoms with E-state index in [2.05, 4.69) is 43.4 Å². The first kappa shape index (κ1) is 25.4. The van der Waals surface area contributed by atoms with Gasteiger partial charge >= 0.3 is 0 Å². The van der Waals surface area contributed by atoms with Crippen LogP contribution in [0.5, 0.6) is 0 Å². The fourth-order valence-corrected chi connectivity index (χ4v) is 17.1. The van der Waals surface area contributed by atoms with Crippen molar-refractivity contribution in [2.24, 2.45) is 0 Å². The molecule has 4 unspecified atom stereocenters. The van der Waals surface area contributed by atoms with Gasteiger partial charge in [-0.2, -0.15) is 0 Å². The van der Waals surface area contributed by atoms with Crippen molar-refractivity contribution in [3.8, 4) is 0 Å². The van der Waals surface area contributed by atoms with Gasteiger partial charge in [-0.1, -0.05) is 56.0 Å². The normalized spacial score (nSPS) is 35.5. The molecule has 0 bridgehead atoms. The van der Waals surface area contributed by atoms with Crippen LogP contribution in [0.25, 0.3) is 0 Å². The molecule has 6 heteroatoms. The molecular weight excluding hydrogens is 433 g/mol. The van der Waals surface area contributed by atoms with E-state index >= 15 is 0 Å². The Kier molecular flexibility index (Phi) is 8.83. The Morgan fingerprint density at radius 1 is 0.774 bits per heavy atom. The quantitative estimate of drug-likeness (QED) is 0.586. The van der Waals surface area contributed by atoms with Gasteiger partial charge in [0.2, 0.25) is 0 Å². The average Bonchev–Trinajstić information content (AvgIpc) is 2.79. The van der Waals surface area contributed by atoms with Gasteiger partial charge in [-0.25, -0.2) is 0 Å². The molecule has 0 aliphatic carbocycles. The Hall–Kier alpha value is -0.249. The predicted molar refractivity (Wildman–Crippen MR) is 141 cm³/mol.